The lowest BCUT2D eigenvalue weighted by molar-refractivity contribution is 0.101. The average molecular weight is 311 g/mol. The molecule has 1 rings (SSSR count). The smallest absolute Gasteiger partial charge is 0.161 e. The number of ether oxygens (including phenoxy) is 1. The van der Waals surface area contributed by atoms with Crippen LogP contribution >= 0.6 is 34.2 Å². The SMILES string of the molecule is COc1cc(I)cc(C(C)=O)c1Cl. The van der Waals surface area contributed by atoms with E-state index in [-0.39, 0.29) is 5.78 Å². The van der Waals surface area contributed by atoms with Gasteiger partial charge < -0.3 is 4.74 Å². The topological polar surface area (TPSA) is 26.3 Å². The van der Waals surface area contributed by atoms with Crippen LogP contribution in [-0.4, -0.2) is 12.9 Å². The molecule has 0 radical (unpaired) electrons. The van der Waals surface area contributed by atoms with Gasteiger partial charge in [0.1, 0.15) is 5.75 Å². The first kappa shape index (κ1) is 10.8. The predicted molar refractivity (Wildman–Crippen MR) is 60.7 cm³/mol. The van der Waals surface area contributed by atoms with Crippen molar-refractivity contribution in [3.63, 3.8) is 0 Å². The van der Waals surface area contributed by atoms with Gasteiger partial charge in [-0.05, 0) is 41.6 Å². The second-order valence-electron chi connectivity index (χ2n) is 2.53. The highest BCUT2D eigenvalue weighted by atomic mass is 127. The maximum absolute atomic E-state index is 11.1. The van der Waals surface area contributed by atoms with E-state index < -0.39 is 0 Å². The Bertz CT molecular complexity index is 350. The third-order valence-electron chi connectivity index (χ3n) is 1.60. The third kappa shape index (κ3) is 2.34. The number of rotatable bonds is 2. The first-order valence-corrected chi connectivity index (χ1v) is 5.06. The molecule has 1 aromatic carbocycles. The minimum Gasteiger partial charge on any atom is -0.495 e. The molecule has 2 nitrogen and oxygen atoms in total. The highest BCUT2D eigenvalue weighted by Crippen LogP contribution is 2.30. The van der Waals surface area contributed by atoms with Crippen molar-refractivity contribution in [3.8, 4) is 5.75 Å². The summed E-state index contributed by atoms with van der Waals surface area (Å²) in [6.45, 7) is 1.48. The Morgan fingerprint density at radius 1 is 1.54 bits per heavy atom. The molecule has 0 aliphatic rings. The normalized spacial score (nSPS) is 9.85. The number of benzene rings is 1. The molecule has 70 valence electrons. The minimum atomic E-state index is -0.0539. The molecule has 1 aromatic rings. The van der Waals surface area contributed by atoms with Crippen LogP contribution in [0.15, 0.2) is 12.1 Å². The Hall–Kier alpha value is -0.290. The average Bonchev–Trinajstić information content (AvgIpc) is 2.08. The summed E-state index contributed by atoms with van der Waals surface area (Å²) in [7, 11) is 1.53. The van der Waals surface area contributed by atoms with Gasteiger partial charge in [-0.2, -0.15) is 0 Å². The number of hydrogen-bond acceptors (Lipinski definition) is 2. The maximum atomic E-state index is 11.1. The van der Waals surface area contributed by atoms with Crippen molar-refractivity contribution in [2.24, 2.45) is 0 Å². The lowest BCUT2D eigenvalue weighted by Gasteiger charge is -2.06. The number of hydrogen-bond donors (Lipinski definition) is 0. The van der Waals surface area contributed by atoms with Crippen LogP contribution in [0.3, 0.4) is 0 Å². The number of carbonyl (C=O) groups excluding carboxylic acids is 1. The van der Waals surface area contributed by atoms with Gasteiger partial charge in [0.25, 0.3) is 0 Å². The second kappa shape index (κ2) is 4.28. The maximum Gasteiger partial charge on any atom is 0.161 e. The zero-order chi connectivity index (χ0) is 10.0. The summed E-state index contributed by atoms with van der Waals surface area (Å²) in [5.74, 6) is 0.487. The number of methoxy groups -OCH3 is 1. The van der Waals surface area contributed by atoms with Crippen molar-refractivity contribution in [2.75, 3.05) is 7.11 Å². The van der Waals surface area contributed by atoms with E-state index in [9.17, 15) is 4.79 Å². The lowest BCUT2D eigenvalue weighted by atomic mass is 10.1. The summed E-state index contributed by atoms with van der Waals surface area (Å²) in [5.41, 5.74) is 0.505. The fraction of sp³-hybridized carbons (Fsp3) is 0.222. The van der Waals surface area contributed by atoms with Gasteiger partial charge in [-0.3, -0.25) is 4.79 Å². The molecule has 0 amide bonds. The van der Waals surface area contributed by atoms with Gasteiger partial charge in [-0.25, -0.2) is 0 Å². The summed E-state index contributed by atoms with van der Waals surface area (Å²) >= 11 is 8.04. The van der Waals surface area contributed by atoms with Crippen molar-refractivity contribution < 1.29 is 9.53 Å². The summed E-state index contributed by atoms with van der Waals surface area (Å²) in [6.07, 6.45) is 0. The van der Waals surface area contributed by atoms with Crippen LogP contribution < -0.4 is 4.74 Å². The molecule has 13 heavy (non-hydrogen) atoms. The standard InChI is InChI=1S/C9H8ClIO2/c1-5(12)7-3-6(11)4-8(13-2)9(7)10/h3-4H,1-2H3. The van der Waals surface area contributed by atoms with Gasteiger partial charge in [0.05, 0.1) is 12.1 Å². The van der Waals surface area contributed by atoms with Crippen LogP contribution in [0.25, 0.3) is 0 Å². The van der Waals surface area contributed by atoms with E-state index in [4.69, 9.17) is 16.3 Å². The van der Waals surface area contributed by atoms with Crippen LogP contribution in [-0.2, 0) is 0 Å². The summed E-state index contributed by atoms with van der Waals surface area (Å²) in [6, 6.07) is 3.53. The van der Waals surface area contributed by atoms with Gasteiger partial charge in [0.2, 0.25) is 0 Å². The van der Waals surface area contributed by atoms with E-state index in [0.29, 0.717) is 16.3 Å². The molecule has 0 saturated carbocycles. The van der Waals surface area contributed by atoms with Crippen molar-refractivity contribution >= 4 is 40.0 Å². The second-order valence-corrected chi connectivity index (χ2v) is 4.15. The van der Waals surface area contributed by atoms with Crippen LogP contribution in [0.5, 0.6) is 5.75 Å². The highest BCUT2D eigenvalue weighted by molar-refractivity contribution is 14.1. The molecule has 0 atom stereocenters. The molecule has 0 saturated heterocycles. The van der Waals surface area contributed by atoms with E-state index in [0.717, 1.165) is 3.57 Å². The monoisotopic (exact) mass is 310 g/mol. The Kier molecular flexibility index (Phi) is 3.55. The largest absolute Gasteiger partial charge is 0.495 e. The van der Waals surface area contributed by atoms with Crippen molar-refractivity contribution in [1.29, 1.82) is 0 Å². The van der Waals surface area contributed by atoms with E-state index in [1.807, 2.05) is 0 Å². The molecule has 0 bridgehead atoms. The van der Waals surface area contributed by atoms with Gasteiger partial charge >= 0.3 is 0 Å². The number of Topliss-reactive ketones (excluding diaryl/α,β-unsaturated/α-hetero) is 1. The van der Waals surface area contributed by atoms with Gasteiger partial charge in [0.15, 0.2) is 5.78 Å². The first-order valence-electron chi connectivity index (χ1n) is 3.60. The van der Waals surface area contributed by atoms with Crippen LogP contribution in [0.4, 0.5) is 0 Å². The number of halogens is 2. The zero-order valence-electron chi connectivity index (χ0n) is 7.23. The molecule has 0 spiro atoms. The van der Waals surface area contributed by atoms with E-state index in [2.05, 4.69) is 22.6 Å². The van der Waals surface area contributed by atoms with E-state index >= 15 is 0 Å². The Labute approximate surface area is 95.4 Å². The molecular formula is C9H8ClIO2. The quantitative estimate of drug-likeness (QED) is 0.619. The fourth-order valence-corrected chi connectivity index (χ4v) is 1.88. The molecule has 0 fully saturated rings. The summed E-state index contributed by atoms with van der Waals surface area (Å²) in [4.78, 5) is 11.1. The molecule has 0 heterocycles. The lowest BCUT2D eigenvalue weighted by Crippen LogP contribution is -1.97. The molecule has 0 aliphatic carbocycles. The van der Waals surface area contributed by atoms with E-state index in [1.54, 1.807) is 12.1 Å². The van der Waals surface area contributed by atoms with Crippen molar-refractivity contribution in [3.05, 3.63) is 26.3 Å². The zero-order valence-corrected chi connectivity index (χ0v) is 10.1. The Balaban J connectivity index is 3.35. The number of carbonyl (C=O) groups is 1. The summed E-state index contributed by atoms with van der Waals surface area (Å²) < 4.78 is 5.96. The Morgan fingerprint density at radius 2 is 2.15 bits per heavy atom. The van der Waals surface area contributed by atoms with Crippen molar-refractivity contribution in [2.45, 2.75) is 6.92 Å². The predicted octanol–water partition coefficient (Wildman–Crippen LogP) is 3.16. The molecular weight excluding hydrogens is 302 g/mol. The van der Waals surface area contributed by atoms with Crippen LogP contribution in [0.1, 0.15) is 17.3 Å². The van der Waals surface area contributed by atoms with Crippen LogP contribution in [0, 0.1) is 3.57 Å². The fourth-order valence-electron chi connectivity index (χ4n) is 0.969. The minimum absolute atomic E-state index is 0.0539. The van der Waals surface area contributed by atoms with Crippen molar-refractivity contribution in [1.82, 2.24) is 0 Å². The molecule has 0 unspecified atom stereocenters. The molecule has 0 aromatic heterocycles. The van der Waals surface area contributed by atoms with Crippen LogP contribution in [0.2, 0.25) is 5.02 Å². The molecule has 0 N–H and O–H groups in total. The Morgan fingerprint density at radius 3 is 2.62 bits per heavy atom. The molecule has 4 heteroatoms. The first-order chi connectivity index (χ1) is 6.06. The number of ketones is 1. The van der Waals surface area contributed by atoms with E-state index in [1.165, 1.54) is 14.0 Å². The highest BCUT2D eigenvalue weighted by Gasteiger charge is 2.11. The van der Waals surface area contributed by atoms with Gasteiger partial charge in [0, 0.05) is 9.13 Å². The molecule has 0 aliphatic heterocycles. The van der Waals surface area contributed by atoms with Gasteiger partial charge in [-0.15, -0.1) is 0 Å². The third-order valence-corrected chi connectivity index (χ3v) is 2.62. The van der Waals surface area contributed by atoms with Gasteiger partial charge in [-0.1, -0.05) is 11.6 Å². The summed E-state index contributed by atoms with van der Waals surface area (Å²) in [5, 5.41) is 0.385.